The van der Waals surface area contributed by atoms with Crippen LogP contribution in [-0.2, 0) is 0 Å². The Morgan fingerprint density at radius 2 is 1.72 bits per heavy atom. The van der Waals surface area contributed by atoms with Gasteiger partial charge in [-0.2, -0.15) is 0 Å². The van der Waals surface area contributed by atoms with E-state index in [2.05, 4.69) is 17.9 Å². The largest absolute Gasteiger partial charge is 0.486 e. The summed E-state index contributed by atoms with van der Waals surface area (Å²) in [6.07, 6.45) is 0. The molecule has 1 aliphatic heterocycles. The zero-order valence-corrected chi connectivity index (χ0v) is 11.6. The molecule has 0 aliphatic carbocycles. The van der Waals surface area contributed by atoms with E-state index in [1.165, 1.54) is 11.1 Å². The maximum Gasteiger partial charge on any atom is 0.161 e. The molecule has 0 fully saturated rings. The van der Waals surface area contributed by atoms with E-state index >= 15 is 0 Å². The van der Waals surface area contributed by atoms with E-state index < -0.39 is 0 Å². The Labute approximate surface area is 109 Å². The summed E-state index contributed by atoms with van der Waals surface area (Å²) in [5.74, 6) is 1.67. The molecule has 2 unspecified atom stereocenters. The van der Waals surface area contributed by atoms with E-state index in [4.69, 9.17) is 15.2 Å². The smallest absolute Gasteiger partial charge is 0.161 e. The summed E-state index contributed by atoms with van der Waals surface area (Å²) in [7, 11) is 4.09. The van der Waals surface area contributed by atoms with Crippen LogP contribution in [0.4, 0.5) is 0 Å². The molecule has 0 spiro atoms. The maximum absolute atomic E-state index is 6.10. The second-order valence-corrected chi connectivity index (χ2v) is 5.12. The highest BCUT2D eigenvalue weighted by molar-refractivity contribution is 5.49. The van der Waals surface area contributed by atoms with Crippen molar-refractivity contribution in [1.29, 1.82) is 0 Å². The highest BCUT2D eigenvalue weighted by atomic mass is 16.6. The maximum atomic E-state index is 6.10. The number of benzene rings is 1. The van der Waals surface area contributed by atoms with Gasteiger partial charge in [0.05, 0.1) is 0 Å². The van der Waals surface area contributed by atoms with Gasteiger partial charge in [0.25, 0.3) is 0 Å². The molecule has 2 atom stereocenters. The Kier molecular flexibility index (Phi) is 3.78. The normalized spacial score (nSPS) is 17.7. The Morgan fingerprint density at radius 3 is 2.22 bits per heavy atom. The fraction of sp³-hybridized carbons (Fsp3) is 0.571. The fourth-order valence-corrected chi connectivity index (χ4v) is 2.56. The van der Waals surface area contributed by atoms with Gasteiger partial charge in [-0.15, -0.1) is 0 Å². The lowest BCUT2D eigenvalue weighted by Gasteiger charge is -2.31. The van der Waals surface area contributed by atoms with Crippen LogP contribution in [-0.4, -0.2) is 38.3 Å². The molecular weight excluding hydrogens is 228 g/mol. The standard InChI is InChI=1S/C14H22N2O2/c1-9-7-12-13(18-6-5-17-12)8-11(9)14(10(2)15)16(3)4/h7-8,10,14H,5-6,15H2,1-4H3. The summed E-state index contributed by atoms with van der Waals surface area (Å²) in [5.41, 5.74) is 8.50. The van der Waals surface area contributed by atoms with Crippen LogP contribution in [0.5, 0.6) is 11.5 Å². The number of nitrogens with zero attached hydrogens (tertiary/aromatic N) is 1. The van der Waals surface area contributed by atoms with Crippen molar-refractivity contribution in [3.63, 3.8) is 0 Å². The summed E-state index contributed by atoms with van der Waals surface area (Å²) in [4.78, 5) is 2.14. The third-order valence-electron chi connectivity index (χ3n) is 3.30. The summed E-state index contributed by atoms with van der Waals surface area (Å²) in [5, 5.41) is 0. The van der Waals surface area contributed by atoms with Gasteiger partial charge in [0.15, 0.2) is 11.5 Å². The van der Waals surface area contributed by atoms with E-state index in [0.717, 1.165) is 11.5 Å². The van der Waals surface area contributed by atoms with E-state index in [-0.39, 0.29) is 12.1 Å². The summed E-state index contributed by atoms with van der Waals surface area (Å²) in [6, 6.07) is 4.35. The molecule has 1 aromatic rings. The second-order valence-electron chi connectivity index (χ2n) is 5.12. The van der Waals surface area contributed by atoms with Crippen LogP contribution in [0.2, 0.25) is 0 Å². The first-order chi connectivity index (χ1) is 8.50. The number of ether oxygens (including phenoxy) is 2. The third-order valence-corrected chi connectivity index (χ3v) is 3.30. The number of hydrogen-bond acceptors (Lipinski definition) is 4. The highest BCUT2D eigenvalue weighted by Gasteiger charge is 2.23. The third kappa shape index (κ3) is 2.44. The Hall–Kier alpha value is -1.26. The van der Waals surface area contributed by atoms with Crippen molar-refractivity contribution in [2.45, 2.75) is 25.9 Å². The molecule has 1 aliphatic rings. The molecule has 0 radical (unpaired) electrons. The van der Waals surface area contributed by atoms with E-state index in [1.54, 1.807) is 0 Å². The molecule has 0 bridgehead atoms. The Bertz CT molecular complexity index is 422. The van der Waals surface area contributed by atoms with Crippen LogP contribution < -0.4 is 15.2 Å². The van der Waals surface area contributed by atoms with Gasteiger partial charge in [-0.05, 0) is 51.2 Å². The molecule has 1 heterocycles. The van der Waals surface area contributed by atoms with E-state index in [9.17, 15) is 0 Å². The summed E-state index contributed by atoms with van der Waals surface area (Å²) in [6.45, 7) is 5.35. The molecule has 18 heavy (non-hydrogen) atoms. The van der Waals surface area contributed by atoms with Crippen LogP contribution in [0.1, 0.15) is 24.1 Å². The first kappa shape index (κ1) is 13.2. The molecular formula is C14H22N2O2. The van der Waals surface area contributed by atoms with Crippen molar-refractivity contribution in [2.24, 2.45) is 5.73 Å². The zero-order valence-electron chi connectivity index (χ0n) is 11.6. The minimum absolute atomic E-state index is 0.0567. The number of rotatable bonds is 3. The lowest BCUT2D eigenvalue weighted by molar-refractivity contribution is 0.170. The molecule has 4 nitrogen and oxygen atoms in total. The lowest BCUT2D eigenvalue weighted by Crippen LogP contribution is -2.35. The van der Waals surface area contributed by atoms with Gasteiger partial charge >= 0.3 is 0 Å². The number of fused-ring (bicyclic) bond motifs is 1. The average Bonchev–Trinajstić information content (AvgIpc) is 2.29. The van der Waals surface area contributed by atoms with E-state index in [0.29, 0.717) is 13.2 Å². The number of aryl methyl sites for hydroxylation is 1. The molecule has 0 saturated heterocycles. The van der Waals surface area contributed by atoms with Gasteiger partial charge in [0.2, 0.25) is 0 Å². The Balaban J connectivity index is 2.43. The van der Waals surface area contributed by atoms with Crippen molar-refractivity contribution in [3.05, 3.63) is 23.3 Å². The van der Waals surface area contributed by atoms with Crippen LogP contribution in [0.3, 0.4) is 0 Å². The van der Waals surface area contributed by atoms with Crippen LogP contribution in [0.15, 0.2) is 12.1 Å². The van der Waals surface area contributed by atoms with E-state index in [1.807, 2.05) is 27.1 Å². The van der Waals surface area contributed by atoms with Crippen molar-refractivity contribution < 1.29 is 9.47 Å². The topological polar surface area (TPSA) is 47.7 Å². The van der Waals surface area contributed by atoms with Gasteiger partial charge in [0.1, 0.15) is 13.2 Å². The minimum Gasteiger partial charge on any atom is -0.486 e. The van der Waals surface area contributed by atoms with Gasteiger partial charge in [-0.25, -0.2) is 0 Å². The molecule has 100 valence electrons. The highest BCUT2D eigenvalue weighted by Crippen LogP contribution is 2.36. The van der Waals surface area contributed by atoms with Crippen LogP contribution in [0, 0.1) is 6.92 Å². The zero-order chi connectivity index (χ0) is 13.3. The minimum atomic E-state index is 0.0567. The van der Waals surface area contributed by atoms with Crippen LogP contribution in [0.25, 0.3) is 0 Å². The molecule has 0 aromatic heterocycles. The van der Waals surface area contributed by atoms with Gasteiger partial charge in [-0.3, -0.25) is 0 Å². The average molecular weight is 250 g/mol. The fourth-order valence-electron chi connectivity index (χ4n) is 2.56. The molecule has 0 amide bonds. The van der Waals surface area contributed by atoms with Crippen molar-refractivity contribution in [2.75, 3.05) is 27.3 Å². The number of hydrogen-bond donors (Lipinski definition) is 1. The lowest BCUT2D eigenvalue weighted by atomic mass is 9.95. The summed E-state index contributed by atoms with van der Waals surface area (Å²) >= 11 is 0. The number of likely N-dealkylation sites (N-methyl/N-ethyl adjacent to an activating group) is 1. The molecule has 2 rings (SSSR count). The van der Waals surface area contributed by atoms with Crippen molar-refractivity contribution in [1.82, 2.24) is 4.90 Å². The first-order valence-electron chi connectivity index (χ1n) is 6.33. The predicted molar refractivity (Wildman–Crippen MR) is 72.2 cm³/mol. The Morgan fingerprint density at radius 1 is 1.17 bits per heavy atom. The predicted octanol–water partition coefficient (Wildman–Crippen LogP) is 1.72. The van der Waals surface area contributed by atoms with Gasteiger partial charge in [0, 0.05) is 12.1 Å². The van der Waals surface area contributed by atoms with Gasteiger partial charge < -0.3 is 20.1 Å². The molecule has 2 N–H and O–H groups in total. The first-order valence-corrected chi connectivity index (χ1v) is 6.33. The molecule has 4 heteroatoms. The van der Waals surface area contributed by atoms with Crippen molar-refractivity contribution in [3.8, 4) is 11.5 Å². The SMILES string of the molecule is Cc1cc2c(cc1C(C(C)N)N(C)C)OCCO2. The molecule has 0 saturated carbocycles. The summed E-state index contributed by atoms with van der Waals surface area (Å²) < 4.78 is 11.2. The van der Waals surface area contributed by atoms with Crippen LogP contribution >= 0.6 is 0 Å². The monoisotopic (exact) mass is 250 g/mol. The number of nitrogens with two attached hydrogens (primary N) is 1. The second kappa shape index (κ2) is 5.16. The molecule has 1 aromatic carbocycles. The quantitative estimate of drug-likeness (QED) is 0.887. The van der Waals surface area contributed by atoms with Crippen molar-refractivity contribution >= 4 is 0 Å². The van der Waals surface area contributed by atoms with Gasteiger partial charge in [-0.1, -0.05) is 0 Å².